The maximum Gasteiger partial charge on any atom is 0.277 e. The molecule has 4 aliphatic rings. The molecule has 2 saturated heterocycles. The second kappa shape index (κ2) is 18.8. The highest BCUT2D eigenvalue weighted by atomic mass is 35.5. The quantitative estimate of drug-likeness (QED) is 0.0851. The number of aromatic amines is 1. The molecule has 0 radical (unpaired) electrons. The summed E-state index contributed by atoms with van der Waals surface area (Å²) in [5.74, 6) is -0.595. The second-order valence-corrected chi connectivity index (χ2v) is 20.3. The van der Waals surface area contributed by atoms with Gasteiger partial charge in [0.1, 0.15) is 22.9 Å². The van der Waals surface area contributed by atoms with Crippen molar-refractivity contribution in [3.05, 3.63) is 117 Å². The molecule has 65 heavy (non-hydrogen) atoms. The average molecular weight is 926 g/mol. The number of sulfonamides is 1. The first kappa shape index (κ1) is 44.7. The number of hydrogen-bond acceptors (Lipinski definition) is 12. The summed E-state index contributed by atoms with van der Waals surface area (Å²) in [4.78, 5) is 37.5. The smallest absolute Gasteiger partial charge is 0.277 e. The third kappa shape index (κ3) is 10.3. The number of nitro groups is 1. The number of rotatable bonds is 13. The molecule has 2 N–H and O–H groups in total. The minimum atomic E-state index is -4.64. The molecule has 5 aromatic rings. The Hall–Kier alpha value is -5.52. The van der Waals surface area contributed by atoms with Gasteiger partial charge in [0.05, 0.1) is 46.5 Å². The van der Waals surface area contributed by atoms with Gasteiger partial charge in [-0.15, -0.1) is 0 Å². The van der Waals surface area contributed by atoms with Crippen LogP contribution in [0.1, 0.15) is 67.4 Å². The number of carbonyl (C=O) groups excluding carboxylic acids is 1. The van der Waals surface area contributed by atoms with Crippen molar-refractivity contribution in [2.75, 3.05) is 64.1 Å². The maximum atomic E-state index is 14.1. The number of benzene rings is 3. The number of carbonyl (C=O) groups is 1. The van der Waals surface area contributed by atoms with Crippen LogP contribution in [-0.4, -0.2) is 99.4 Å². The molecular weight excluding hydrogens is 872 g/mol. The summed E-state index contributed by atoms with van der Waals surface area (Å²) in [5.41, 5.74) is 5.59. The first-order valence-electron chi connectivity index (χ1n) is 22.2. The molecule has 15 nitrogen and oxygen atoms in total. The molecule has 3 aliphatic heterocycles. The lowest BCUT2D eigenvalue weighted by atomic mass is 9.72. The highest BCUT2D eigenvalue weighted by Crippen LogP contribution is 2.44. The molecule has 9 rings (SSSR count). The Labute approximate surface area is 383 Å². The summed E-state index contributed by atoms with van der Waals surface area (Å²) in [6, 6.07) is 19.0. The third-order valence-electron chi connectivity index (χ3n) is 12.9. The van der Waals surface area contributed by atoms with Crippen LogP contribution >= 0.6 is 11.6 Å². The summed E-state index contributed by atoms with van der Waals surface area (Å²) in [7, 11) is -4.64. The van der Waals surface area contributed by atoms with Gasteiger partial charge in [-0.25, -0.2) is 18.1 Å². The van der Waals surface area contributed by atoms with Gasteiger partial charge in [-0.3, -0.25) is 19.8 Å². The fraction of sp³-hybridized carbons (Fsp3) is 0.417. The monoisotopic (exact) mass is 924 g/mol. The molecule has 0 saturated carbocycles. The van der Waals surface area contributed by atoms with Crippen LogP contribution in [0, 0.1) is 21.4 Å². The van der Waals surface area contributed by atoms with Crippen molar-refractivity contribution < 1.29 is 37.1 Å². The number of ether oxygens (including phenoxy) is 4. The van der Waals surface area contributed by atoms with E-state index in [2.05, 4.69) is 50.5 Å². The number of pyridine rings is 1. The number of anilines is 1. The summed E-state index contributed by atoms with van der Waals surface area (Å²) >= 11 is 6.25. The average Bonchev–Trinajstić information content (AvgIpc) is 3.77. The number of amides is 1. The van der Waals surface area contributed by atoms with Crippen molar-refractivity contribution in [3.8, 4) is 17.2 Å². The number of hydrogen-bond donors (Lipinski definition) is 2. The maximum absolute atomic E-state index is 14.1. The van der Waals surface area contributed by atoms with Crippen LogP contribution in [0.2, 0.25) is 5.02 Å². The number of allylic oxidation sites excluding steroid dienone is 1. The van der Waals surface area contributed by atoms with E-state index < -0.39 is 31.4 Å². The Kier molecular flexibility index (Phi) is 12.9. The first-order valence-corrected chi connectivity index (χ1v) is 24.0. The number of fused-ring (bicyclic) bond motifs is 2. The summed E-state index contributed by atoms with van der Waals surface area (Å²) in [5, 5.41) is 13.9. The Balaban J connectivity index is 0.928. The third-order valence-corrected chi connectivity index (χ3v) is 14.5. The molecule has 1 amide bonds. The Morgan fingerprint density at radius 2 is 1.83 bits per heavy atom. The van der Waals surface area contributed by atoms with Crippen LogP contribution in [0.15, 0.2) is 89.6 Å². The Morgan fingerprint density at radius 1 is 1.05 bits per heavy atom. The number of aromatic nitrogens is 2. The summed E-state index contributed by atoms with van der Waals surface area (Å²) < 4.78 is 53.7. The molecule has 0 spiro atoms. The van der Waals surface area contributed by atoms with Crippen LogP contribution in [0.5, 0.6) is 17.2 Å². The van der Waals surface area contributed by atoms with Gasteiger partial charge < -0.3 is 28.8 Å². The van der Waals surface area contributed by atoms with Crippen molar-refractivity contribution in [3.63, 3.8) is 0 Å². The van der Waals surface area contributed by atoms with E-state index in [1.165, 1.54) is 35.0 Å². The number of piperazine rings is 1. The van der Waals surface area contributed by atoms with E-state index in [1.807, 2.05) is 18.2 Å². The van der Waals surface area contributed by atoms with Gasteiger partial charge in [0.2, 0.25) is 0 Å². The van der Waals surface area contributed by atoms with Gasteiger partial charge >= 0.3 is 0 Å². The number of nitrogens with one attached hydrogen (secondary N) is 2. The molecule has 3 aromatic carbocycles. The van der Waals surface area contributed by atoms with Gasteiger partial charge in [0.15, 0.2) is 0 Å². The van der Waals surface area contributed by atoms with E-state index in [4.69, 9.17) is 30.5 Å². The molecule has 17 heteroatoms. The largest absolute Gasteiger partial charge is 0.493 e. The van der Waals surface area contributed by atoms with E-state index in [-0.39, 0.29) is 53.1 Å². The highest BCUT2D eigenvalue weighted by Gasteiger charge is 2.34. The first-order chi connectivity index (χ1) is 31.3. The van der Waals surface area contributed by atoms with E-state index in [0.717, 1.165) is 73.9 Å². The number of nitrogens with zero attached hydrogens (tertiary/aromatic N) is 4. The van der Waals surface area contributed by atoms with Gasteiger partial charge in [-0.1, -0.05) is 43.2 Å². The molecule has 2 aromatic heterocycles. The number of nitro benzene ring substituents is 1. The van der Waals surface area contributed by atoms with Crippen molar-refractivity contribution in [2.45, 2.75) is 63.4 Å². The zero-order valence-electron chi connectivity index (χ0n) is 36.5. The minimum absolute atomic E-state index is 0.0483. The lowest BCUT2D eigenvalue weighted by Crippen LogP contribution is -2.47. The van der Waals surface area contributed by atoms with Gasteiger partial charge in [-0.2, -0.15) is 0 Å². The van der Waals surface area contributed by atoms with Crippen molar-refractivity contribution in [2.24, 2.45) is 11.3 Å². The standard InChI is InChI=1S/C48H53ClN6O9S/c1-48(2)13-9-34(42(26-48)32-3-5-35(49)6-4-32)28-53-15-17-54(18-16-53)36-7-8-40(45(23-36)64-38-22-33-10-14-50-46(33)51-27-38)47(56)52-65(59,60)39-24-43(55(57)58)41-21-31(30-63-44(41)25-39)29-62-37-11-19-61-20-12-37/h3-8,10,14,22-25,27,31,37H,9,11-13,15-21,26,28-30H2,1-2H3,(H,50,51)(H,52,56)/t31-/m1/s1. The predicted molar refractivity (Wildman–Crippen MR) is 247 cm³/mol. The topological polar surface area (TPSA) is 178 Å². The van der Waals surface area contributed by atoms with Crippen molar-refractivity contribution in [1.29, 1.82) is 0 Å². The second-order valence-electron chi connectivity index (χ2n) is 18.2. The van der Waals surface area contributed by atoms with E-state index in [1.54, 1.807) is 24.4 Å². The van der Waals surface area contributed by atoms with Crippen LogP contribution in [0.3, 0.4) is 0 Å². The molecule has 342 valence electrons. The van der Waals surface area contributed by atoms with E-state index in [9.17, 15) is 23.3 Å². The summed E-state index contributed by atoms with van der Waals surface area (Å²) in [6.07, 6.45) is 8.34. The lowest BCUT2D eigenvalue weighted by Gasteiger charge is -2.39. The molecule has 0 bridgehead atoms. The fourth-order valence-electron chi connectivity index (χ4n) is 9.25. The van der Waals surface area contributed by atoms with Crippen molar-refractivity contribution in [1.82, 2.24) is 19.6 Å². The van der Waals surface area contributed by atoms with Crippen molar-refractivity contribution >= 4 is 55.5 Å². The van der Waals surface area contributed by atoms with Crippen LogP contribution in [0.4, 0.5) is 11.4 Å². The Bertz CT molecular complexity index is 2730. The number of halogens is 1. The molecule has 1 atom stereocenters. The molecule has 1 aliphatic carbocycles. The van der Waals surface area contributed by atoms with Gasteiger partial charge in [0, 0.05) is 92.3 Å². The van der Waals surface area contributed by atoms with Crippen LogP contribution < -0.4 is 19.1 Å². The zero-order chi connectivity index (χ0) is 45.3. The minimum Gasteiger partial charge on any atom is -0.493 e. The number of H-pyrrole nitrogens is 1. The zero-order valence-corrected chi connectivity index (χ0v) is 38.1. The predicted octanol–water partition coefficient (Wildman–Crippen LogP) is 8.57. The van der Waals surface area contributed by atoms with Crippen LogP contribution in [-0.2, 0) is 25.9 Å². The van der Waals surface area contributed by atoms with E-state index in [0.29, 0.717) is 44.3 Å². The molecule has 2 fully saturated rings. The van der Waals surface area contributed by atoms with E-state index >= 15 is 0 Å². The van der Waals surface area contributed by atoms with Crippen LogP contribution in [0.25, 0.3) is 16.6 Å². The summed E-state index contributed by atoms with van der Waals surface area (Å²) in [6.45, 7) is 10.4. The normalized spacial score (nSPS) is 19.4. The highest BCUT2D eigenvalue weighted by molar-refractivity contribution is 7.90. The van der Waals surface area contributed by atoms with Gasteiger partial charge in [0.25, 0.3) is 21.6 Å². The SMILES string of the molecule is CC1(C)CCC(CN2CCN(c3ccc(C(=O)NS(=O)(=O)c4cc5c(c([N+](=O)[O-])c4)C[C@H](COC4CCOCC4)CO5)c(Oc4cnc5[nH]ccc5c4)c3)CC2)=C(c2ccc(Cl)cc2)C1. The molecule has 5 heterocycles. The van der Waals surface area contributed by atoms with Gasteiger partial charge in [-0.05, 0) is 91.5 Å². The Morgan fingerprint density at radius 3 is 2.60 bits per heavy atom. The molecular formula is C48H53ClN6O9S. The fourth-order valence-corrected chi connectivity index (χ4v) is 10.4. The molecule has 0 unspecified atom stereocenters. The lowest BCUT2D eigenvalue weighted by molar-refractivity contribution is -0.386.